The van der Waals surface area contributed by atoms with Crippen LogP contribution in [0.15, 0.2) is 18.2 Å². The summed E-state index contributed by atoms with van der Waals surface area (Å²) in [5.41, 5.74) is 3.75. The average Bonchev–Trinajstić information content (AvgIpc) is 2.33. The summed E-state index contributed by atoms with van der Waals surface area (Å²) in [4.78, 5) is 14.8. The molecule has 20 heavy (non-hydrogen) atoms. The molecule has 0 aliphatic carbocycles. The fourth-order valence-corrected chi connectivity index (χ4v) is 1.99. The lowest BCUT2D eigenvalue weighted by atomic mass is 9.79. The topological polar surface area (TPSA) is 46.5 Å². The molecule has 0 amide bonds. The molecular weight excluding hydrogens is 252 g/mol. The molecule has 0 aliphatic heterocycles. The molecular formula is C17H26O3. The molecule has 0 spiro atoms. The number of carbonyl (C=O) groups is 1. The SMILES string of the molecule is CC(C)(C)c1cc(CCC(=O)OO)cc(C(C)(C)C)c1. The molecule has 3 heteroatoms. The van der Waals surface area contributed by atoms with Crippen LogP contribution in [0, 0.1) is 0 Å². The van der Waals surface area contributed by atoms with Crippen molar-refractivity contribution >= 4 is 5.97 Å². The minimum absolute atomic E-state index is 0.0630. The molecule has 3 nitrogen and oxygen atoms in total. The number of rotatable bonds is 3. The molecule has 1 aromatic carbocycles. The number of hydrogen-bond donors (Lipinski definition) is 1. The fraction of sp³-hybridized carbons (Fsp3) is 0.588. The van der Waals surface area contributed by atoms with E-state index >= 15 is 0 Å². The molecule has 112 valence electrons. The highest BCUT2D eigenvalue weighted by Gasteiger charge is 2.20. The number of benzene rings is 1. The van der Waals surface area contributed by atoms with Gasteiger partial charge in [0.1, 0.15) is 0 Å². The Morgan fingerprint density at radius 3 is 1.80 bits per heavy atom. The third kappa shape index (κ3) is 4.64. The van der Waals surface area contributed by atoms with Crippen LogP contribution < -0.4 is 0 Å². The van der Waals surface area contributed by atoms with E-state index < -0.39 is 5.97 Å². The zero-order valence-electron chi connectivity index (χ0n) is 13.4. The van der Waals surface area contributed by atoms with Crippen LogP contribution in [0.3, 0.4) is 0 Å². The van der Waals surface area contributed by atoms with Crippen LogP contribution in [0.5, 0.6) is 0 Å². The van der Waals surface area contributed by atoms with Gasteiger partial charge in [-0.05, 0) is 33.9 Å². The van der Waals surface area contributed by atoms with Gasteiger partial charge in [-0.2, -0.15) is 5.26 Å². The van der Waals surface area contributed by atoms with E-state index in [1.807, 2.05) is 0 Å². The van der Waals surface area contributed by atoms with E-state index in [0.717, 1.165) is 5.56 Å². The van der Waals surface area contributed by atoms with Crippen molar-refractivity contribution in [1.82, 2.24) is 0 Å². The number of carbonyl (C=O) groups excluding carboxylic acids is 1. The van der Waals surface area contributed by atoms with E-state index in [1.54, 1.807) is 0 Å². The van der Waals surface area contributed by atoms with Gasteiger partial charge in [-0.3, -0.25) is 0 Å². The van der Waals surface area contributed by atoms with Crippen LogP contribution in [-0.2, 0) is 26.9 Å². The summed E-state index contributed by atoms with van der Waals surface area (Å²) in [5.74, 6) is -0.594. The zero-order chi connectivity index (χ0) is 15.6. The summed E-state index contributed by atoms with van der Waals surface area (Å²) in [5, 5.41) is 8.33. The van der Waals surface area contributed by atoms with Gasteiger partial charge in [-0.1, -0.05) is 59.7 Å². The van der Waals surface area contributed by atoms with Gasteiger partial charge in [0.15, 0.2) is 0 Å². The smallest absolute Gasteiger partial charge is 0.301 e. The highest BCUT2D eigenvalue weighted by atomic mass is 17.1. The Hall–Kier alpha value is -1.35. The van der Waals surface area contributed by atoms with Crippen LogP contribution in [-0.4, -0.2) is 11.2 Å². The van der Waals surface area contributed by atoms with Crippen molar-refractivity contribution in [3.8, 4) is 0 Å². The van der Waals surface area contributed by atoms with Crippen LogP contribution in [0.2, 0.25) is 0 Å². The Morgan fingerprint density at radius 1 is 1.00 bits per heavy atom. The lowest BCUT2D eigenvalue weighted by Crippen LogP contribution is -2.17. The third-order valence-electron chi connectivity index (χ3n) is 3.44. The molecule has 0 saturated carbocycles. The molecule has 1 rings (SSSR count). The van der Waals surface area contributed by atoms with E-state index in [9.17, 15) is 4.79 Å². The Morgan fingerprint density at radius 2 is 1.45 bits per heavy atom. The Balaban J connectivity index is 3.14. The summed E-state index contributed by atoms with van der Waals surface area (Å²) in [6.07, 6.45) is 0.764. The standard InChI is InChI=1S/C17H26O3/c1-16(2,3)13-9-12(7-8-15(18)20-19)10-14(11-13)17(4,5)6/h9-11,19H,7-8H2,1-6H3. The second kappa shape index (κ2) is 5.96. The first-order valence-electron chi connectivity index (χ1n) is 7.03. The van der Waals surface area contributed by atoms with Gasteiger partial charge >= 0.3 is 5.97 Å². The highest BCUT2D eigenvalue weighted by molar-refractivity contribution is 5.68. The van der Waals surface area contributed by atoms with Crippen LogP contribution in [0.4, 0.5) is 0 Å². The Bertz CT molecular complexity index is 444. The van der Waals surface area contributed by atoms with E-state index in [2.05, 4.69) is 64.6 Å². The van der Waals surface area contributed by atoms with E-state index in [0.29, 0.717) is 6.42 Å². The Labute approximate surface area is 121 Å². The van der Waals surface area contributed by atoms with Crippen LogP contribution in [0.25, 0.3) is 0 Å². The summed E-state index contributed by atoms with van der Waals surface area (Å²) in [6.45, 7) is 13.1. The number of hydrogen-bond acceptors (Lipinski definition) is 3. The van der Waals surface area contributed by atoms with Gasteiger partial charge in [-0.15, -0.1) is 0 Å². The first-order valence-corrected chi connectivity index (χ1v) is 7.03. The summed E-state index contributed by atoms with van der Waals surface area (Å²) in [6, 6.07) is 6.52. The van der Waals surface area contributed by atoms with E-state index in [-0.39, 0.29) is 17.3 Å². The number of aryl methyl sites for hydroxylation is 1. The molecule has 0 aliphatic rings. The highest BCUT2D eigenvalue weighted by Crippen LogP contribution is 2.30. The van der Waals surface area contributed by atoms with Crippen LogP contribution in [0.1, 0.15) is 64.7 Å². The largest absolute Gasteiger partial charge is 0.342 e. The van der Waals surface area contributed by atoms with Crippen molar-refractivity contribution in [2.24, 2.45) is 0 Å². The predicted molar refractivity (Wildman–Crippen MR) is 80.9 cm³/mol. The van der Waals surface area contributed by atoms with Crippen molar-refractivity contribution in [3.63, 3.8) is 0 Å². The molecule has 0 unspecified atom stereocenters. The third-order valence-corrected chi connectivity index (χ3v) is 3.44. The first kappa shape index (κ1) is 16.7. The van der Waals surface area contributed by atoms with Crippen LogP contribution >= 0.6 is 0 Å². The average molecular weight is 278 g/mol. The summed E-state index contributed by atoms with van der Waals surface area (Å²) in [7, 11) is 0. The maximum Gasteiger partial charge on any atom is 0.342 e. The first-order chi connectivity index (χ1) is 9.04. The quantitative estimate of drug-likeness (QED) is 0.665. The lowest BCUT2D eigenvalue weighted by Gasteiger charge is -2.26. The van der Waals surface area contributed by atoms with E-state index in [4.69, 9.17) is 5.26 Å². The van der Waals surface area contributed by atoms with Gasteiger partial charge < -0.3 is 4.89 Å². The predicted octanol–water partition coefficient (Wildman–Crippen LogP) is 4.23. The second-order valence-electron chi connectivity index (χ2n) is 7.38. The molecule has 0 atom stereocenters. The minimum atomic E-state index is -0.594. The van der Waals surface area contributed by atoms with Gasteiger partial charge in [0.05, 0.1) is 6.42 Å². The van der Waals surface area contributed by atoms with Crippen molar-refractivity contribution in [2.75, 3.05) is 0 Å². The van der Waals surface area contributed by atoms with Crippen molar-refractivity contribution in [2.45, 2.75) is 65.2 Å². The molecule has 0 radical (unpaired) electrons. The van der Waals surface area contributed by atoms with E-state index in [1.165, 1.54) is 11.1 Å². The Kier molecular flexibility index (Phi) is 4.98. The molecule has 0 heterocycles. The minimum Gasteiger partial charge on any atom is -0.301 e. The van der Waals surface area contributed by atoms with Gasteiger partial charge in [0, 0.05) is 0 Å². The molecule has 0 saturated heterocycles. The summed E-state index contributed by atoms with van der Waals surface area (Å²) >= 11 is 0. The second-order valence-corrected chi connectivity index (χ2v) is 7.38. The monoisotopic (exact) mass is 278 g/mol. The molecule has 0 aromatic heterocycles. The lowest BCUT2D eigenvalue weighted by molar-refractivity contribution is -0.234. The van der Waals surface area contributed by atoms with Gasteiger partial charge in [0.2, 0.25) is 0 Å². The molecule has 0 bridgehead atoms. The molecule has 1 aromatic rings. The normalized spacial score (nSPS) is 12.3. The van der Waals surface area contributed by atoms with Crippen molar-refractivity contribution in [3.05, 3.63) is 34.9 Å². The maximum absolute atomic E-state index is 11.1. The van der Waals surface area contributed by atoms with Gasteiger partial charge in [-0.25, -0.2) is 4.79 Å². The molecule has 1 N–H and O–H groups in total. The molecule has 0 fully saturated rings. The van der Waals surface area contributed by atoms with Crippen molar-refractivity contribution < 1.29 is 14.9 Å². The summed E-state index contributed by atoms with van der Waals surface area (Å²) < 4.78 is 0. The zero-order valence-corrected chi connectivity index (χ0v) is 13.4. The van der Waals surface area contributed by atoms with Gasteiger partial charge in [0.25, 0.3) is 0 Å². The maximum atomic E-state index is 11.1. The fourth-order valence-electron chi connectivity index (χ4n) is 1.99. The van der Waals surface area contributed by atoms with Crippen molar-refractivity contribution in [1.29, 1.82) is 0 Å².